The van der Waals surface area contributed by atoms with Gasteiger partial charge in [-0.3, -0.25) is 0 Å². The first-order valence-corrected chi connectivity index (χ1v) is 7.70. The Balaban J connectivity index is 2.54. The molecule has 106 valence electrons. The Kier molecular flexibility index (Phi) is 5.47. The Morgan fingerprint density at radius 2 is 2.06 bits per heavy atom. The average molecular weight is 295 g/mol. The summed E-state index contributed by atoms with van der Waals surface area (Å²) in [5.74, 6) is 0. The van der Waals surface area contributed by atoms with Gasteiger partial charge >= 0.3 is 0 Å². The highest BCUT2D eigenvalue weighted by Gasteiger charge is 2.36. The normalized spacial score (nSPS) is 20.8. The van der Waals surface area contributed by atoms with E-state index in [-0.39, 0.29) is 12.0 Å². The van der Waals surface area contributed by atoms with Gasteiger partial charge in [-0.25, -0.2) is 0 Å². The molecule has 0 unspecified atom stereocenters. The van der Waals surface area contributed by atoms with Crippen LogP contribution in [0.1, 0.15) is 19.8 Å². The maximum atomic E-state index is 11.9. The summed E-state index contributed by atoms with van der Waals surface area (Å²) in [6.07, 6.45) is 1.32. The third-order valence-corrected chi connectivity index (χ3v) is 5.46. The van der Waals surface area contributed by atoms with Crippen LogP contribution in [0.3, 0.4) is 0 Å². The molecule has 18 heavy (non-hydrogen) atoms. The highest BCUT2D eigenvalue weighted by atomic mass is 32.2. The molecule has 1 heterocycles. The lowest BCUT2D eigenvalue weighted by molar-refractivity contribution is 0.202. The fourth-order valence-electron chi connectivity index (χ4n) is 1.83. The number of hydrogen-bond acceptors (Lipinski definition) is 4. The lowest BCUT2D eigenvalue weighted by Gasteiger charge is -2.37. The molecule has 6 nitrogen and oxygen atoms in total. The number of hydrogen-bond donors (Lipinski definition) is 2. The zero-order valence-electron chi connectivity index (χ0n) is 10.8. The molecule has 1 fully saturated rings. The van der Waals surface area contributed by atoms with E-state index in [0.29, 0.717) is 37.5 Å². The van der Waals surface area contributed by atoms with Gasteiger partial charge in [0.2, 0.25) is 0 Å². The molecule has 0 spiro atoms. The Bertz CT molecular complexity index is 389. The minimum atomic E-state index is -3.41. The van der Waals surface area contributed by atoms with Gasteiger partial charge in [0.15, 0.2) is 0 Å². The summed E-state index contributed by atoms with van der Waals surface area (Å²) >= 11 is 5.02. The molecule has 3 N–H and O–H groups in total. The van der Waals surface area contributed by atoms with Crippen molar-refractivity contribution in [2.24, 2.45) is 11.1 Å². The van der Waals surface area contributed by atoms with Crippen molar-refractivity contribution in [2.75, 3.05) is 33.4 Å². The molecule has 0 aromatic carbocycles. The SMILES string of the molecule is COCCNS(=O)(=O)N1CCC(C)(C(N)=S)CC1. The molecule has 0 saturated carbocycles. The van der Waals surface area contributed by atoms with Crippen molar-refractivity contribution >= 4 is 27.4 Å². The molecule has 0 amide bonds. The molecule has 1 aliphatic rings. The van der Waals surface area contributed by atoms with Crippen LogP contribution in [-0.2, 0) is 14.9 Å². The number of piperidine rings is 1. The van der Waals surface area contributed by atoms with Crippen LogP contribution in [-0.4, -0.2) is 51.1 Å². The highest BCUT2D eigenvalue weighted by Crippen LogP contribution is 2.31. The van der Waals surface area contributed by atoms with Crippen LogP contribution in [0.2, 0.25) is 0 Å². The number of nitrogens with one attached hydrogen (secondary N) is 1. The van der Waals surface area contributed by atoms with Crippen molar-refractivity contribution in [3.63, 3.8) is 0 Å². The van der Waals surface area contributed by atoms with E-state index in [1.54, 1.807) is 0 Å². The van der Waals surface area contributed by atoms with E-state index in [0.717, 1.165) is 0 Å². The summed E-state index contributed by atoms with van der Waals surface area (Å²) in [4.78, 5) is 0.465. The van der Waals surface area contributed by atoms with Crippen molar-refractivity contribution in [1.29, 1.82) is 0 Å². The van der Waals surface area contributed by atoms with Crippen LogP contribution >= 0.6 is 12.2 Å². The van der Waals surface area contributed by atoms with Crippen molar-refractivity contribution < 1.29 is 13.2 Å². The van der Waals surface area contributed by atoms with Crippen molar-refractivity contribution in [3.05, 3.63) is 0 Å². The summed E-state index contributed by atoms with van der Waals surface area (Å²) in [6.45, 7) is 3.50. The Morgan fingerprint density at radius 1 is 1.50 bits per heavy atom. The van der Waals surface area contributed by atoms with Crippen LogP contribution in [0.25, 0.3) is 0 Å². The molecule has 0 aliphatic carbocycles. The first kappa shape index (κ1) is 15.8. The average Bonchev–Trinajstić information content (AvgIpc) is 2.29. The maximum Gasteiger partial charge on any atom is 0.279 e. The van der Waals surface area contributed by atoms with Crippen molar-refractivity contribution in [2.45, 2.75) is 19.8 Å². The van der Waals surface area contributed by atoms with Gasteiger partial charge in [0.05, 0.1) is 11.6 Å². The standard InChI is InChI=1S/C10H21N3O3S2/c1-10(9(11)17)3-6-13(7-4-10)18(14,15)12-5-8-16-2/h12H,3-8H2,1-2H3,(H2,11,17). The highest BCUT2D eigenvalue weighted by molar-refractivity contribution is 7.87. The van der Waals surface area contributed by atoms with E-state index in [2.05, 4.69) is 4.72 Å². The summed E-state index contributed by atoms with van der Waals surface area (Å²) in [5.41, 5.74) is 5.46. The largest absolute Gasteiger partial charge is 0.393 e. The summed E-state index contributed by atoms with van der Waals surface area (Å²) in [7, 11) is -1.88. The van der Waals surface area contributed by atoms with Gasteiger partial charge < -0.3 is 10.5 Å². The first-order chi connectivity index (χ1) is 8.32. The number of rotatable bonds is 6. The number of methoxy groups -OCH3 is 1. The van der Waals surface area contributed by atoms with E-state index >= 15 is 0 Å². The predicted molar refractivity (Wildman–Crippen MR) is 74.5 cm³/mol. The number of thiocarbonyl (C=S) groups is 1. The Morgan fingerprint density at radius 3 is 2.50 bits per heavy atom. The molecule has 0 atom stereocenters. The quantitative estimate of drug-likeness (QED) is 0.526. The minimum Gasteiger partial charge on any atom is -0.393 e. The number of nitrogens with zero attached hydrogens (tertiary/aromatic N) is 1. The van der Waals surface area contributed by atoms with Crippen LogP contribution in [0, 0.1) is 5.41 Å². The molecule has 1 saturated heterocycles. The molecule has 0 aromatic rings. The second-order valence-corrected chi connectivity index (χ2v) is 6.91. The number of nitrogens with two attached hydrogens (primary N) is 1. The first-order valence-electron chi connectivity index (χ1n) is 5.85. The van der Waals surface area contributed by atoms with Crippen LogP contribution in [0.15, 0.2) is 0 Å². The van der Waals surface area contributed by atoms with Gasteiger partial charge in [0, 0.05) is 32.2 Å². The van der Waals surface area contributed by atoms with Crippen LogP contribution < -0.4 is 10.5 Å². The zero-order valence-corrected chi connectivity index (χ0v) is 12.4. The number of ether oxygens (including phenoxy) is 1. The third kappa shape index (κ3) is 3.86. The maximum absolute atomic E-state index is 11.9. The van der Waals surface area contributed by atoms with E-state index in [9.17, 15) is 8.42 Å². The van der Waals surface area contributed by atoms with Gasteiger partial charge in [-0.15, -0.1) is 0 Å². The zero-order chi connectivity index (χ0) is 13.8. The smallest absolute Gasteiger partial charge is 0.279 e. The summed E-state index contributed by atoms with van der Waals surface area (Å²) in [5, 5.41) is 0. The second-order valence-electron chi connectivity index (χ2n) is 4.72. The van der Waals surface area contributed by atoms with Crippen LogP contribution in [0.4, 0.5) is 0 Å². The van der Waals surface area contributed by atoms with E-state index in [1.807, 2.05) is 6.92 Å². The molecular formula is C10H21N3O3S2. The monoisotopic (exact) mass is 295 g/mol. The predicted octanol–water partition coefficient (Wildman–Crippen LogP) is -0.145. The lowest BCUT2D eigenvalue weighted by Crippen LogP contribution is -2.50. The van der Waals surface area contributed by atoms with Crippen molar-refractivity contribution in [1.82, 2.24) is 9.03 Å². The molecule has 1 rings (SSSR count). The van der Waals surface area contributed by atoms with E-state index in [4.69, 9.17) is 22.7 Å². The lowest BCUT2D eigenvalue weighted by atomic mass is 9.81. The Labute approximate surface area is 114 Å². The molecule has 8 heteroatoms. The summed E-state index contributed by atoms with van der Waals surface area (Å²) in [6, 6.07) is 0. The minimum absolute atomic E-state index is 0.228. The molecule has 0 radical (unpaired) electrons. The van der Waals surface area contributed by atoms with Crippen LogP contribution in [0.5, 0.6) is 0 Å². The third-order valence-electron chi connectivity index (χ3n) is 3.35. The Hall–Kier alpha value is -0.280. The van der Waals surface area contributed by atoms with Crippen molar-refractivity contribution in [3.8, 4) is 0 Å². The topological polar surface area (TPSA) is 84.7 Å². The van der Waals surface area contributed by atoms with Gasteiger partial charge in [-0.2, -0.15) is 17.4 Å². The summed E-state index contributed by atoms with van der Waals surface area (Å²) < 4.78 is 32.6. The fourth-order valence-corrected chi connectivity index (χ4v) is 3.22. The van der Waals surface area contributed by atoms with Gasteiger partial charge in [0.25, 0.3) is 10.2 Å². The van der Waals surface area contributed by atoms with E-state index < -0.39 is 10.2 Å². The molecule has 1 aliphatic heterocycles. The van der Waals surface area contributed by atoms with Gasteiger partial charge in [0.1, 0.15) is 0 Å². The second kappa shape index (κ2) is 6.25. The molecular weight excluding hydrogens is 274 g/mol. The van der Waals surface area contributed by atoms with Gasteiger partial charge in [-0.05, 0) is 12.8 Å². The molecule has 0 aromatic heterocycles. The van der Waals surface area contributed by atoms with E-state index in [1.165, 1.54) is 11.4 Å². The fraction of sp³-hybridized carbons (Fsp3) is 0.900. The van der Waals surface area contributed by atoms with Gasteiger partial charge in [-0.1, -0.05) is 19.1 Å². The molecule has 0 bridgehead atoms.